The maximum Gasteiger partial charge on any atom is 0.337 e. The molecule has 0 aliphatic rings. The van der Waals surface area contributed by atoms with Crippen LogP contribution in [0.2, 0.25) is 0 Å². The fraction of sp³-hybridized carbons (Fsp3) is 0.125. The van der Waals surface area contributed by atoms with E-state index in [2.05, 4.69) is 4.74 Å². The van der Waals surface area contributed by atoms with Crippen molar-refractivity contribution < 1.29 is 14.6 Å². The van der Waals surface area contributed by atoms with Gasteiger partial charge in [0, 0.05) is 0 Å². The van der Waals surface area contributed by atoms with Crippen molar-refractivity contribution in [1.29, 1.82) is 0 Å². The van der Waals surface area contributed by atoms with E-state index in [9.17, 15) is 4.79 Å². The molecule has 0 aromatic heterocycles. The highest BCUT2D eigenvalue weighted by Gasteiger charge is 2.03. The molecule has 0 radical (unpaired) electrons. The molecule has 0 bridgehead atoms. The first-order chi connectivity index (χ1) is 5.76. The van der Waals surface area contributed by atoms with Gasteiger partial charge < -0.3 is 15.6 Å². The molecular formula is C8H11NO3. The highest BCUT2D eigenvalue weighted by atomic mass is 16.5. The minimum Gasteiger partial charge on any atom is -0.516 e. The number of hydrogen-bond acceptors (Lipinski definition) is 4. The zero-order chi connectivity index (χ0) is 9.40. The smallest absolute Gasteiger partial charge is 0.337 e. The lowest BCUT2D eigenvalue weighted by Crippen LogP contribution is -2.02. The third-order valence-electron chi connectivity index (χ3n) is 1.06. The number of rotatable bonds is 3. The third kappa shape index (κ3) is 3.46. The number of hydrogen-bond donors (Lipinski definition) is 2. The number of carbonyl (C=O) groups excluding carboxylic acids is 1. The van der Waals surface area contributed by atoms with E-state index in [1.54, 1.807) is 0 Å². The summed E-state index contributed by atoms with van der Waals surface area (Å²) in [5, 5.41) is 8.40. The van der Waals surface area contributed by atoms with Gasteiger partial charge in [0.15, 0.2) is 0 Å². The van der Waals surface area contributed by atoms with Gasteiger partial charge in [-0.2, -0.15) is 0 Å². The van der Waals surface area contributed by atoms with E-state index in [0.717, 1.165) is 6.26 Å². The minimum absolute atomic E-state index is 0.224. The van der Waals surface area contributed by atoms with Gasteiger partial charge in [0.05, 0.1) is 18.9 Å². The Morgan fingerprint density at radius 3 is 2.67 bits per heavy atom. The number of esters is 1. The van der Waals surface area contributed by atoms with Crippen molar-refractivity contribution in [2.24, 2.45) is 5.73 Å². The van der Waals surface area contributed by atoms with Crippen molar-refractivity contribution in [1.82, 2.24) is 0 Å². The lowest BCUT2D eigenvalue weighted by molar-refractivity contribution is -0.135. The molecule has 0 aliphatic carbocycles. The first-order valence-corrected chi connectivity index (χ1v) is 3.24. The summed E-state index contributed by atoms with van der Waals surface area (Å²) >= 11 is 0. The number of allylic oxidation sites excluding steroid dienone is 2. The van der Waals surface area contributed by atoms with Crippen molar-refractivity contribution in [2.75, 3.05) is 7.11 Å². The van der Waals surface area contributed by atoms with Gasteiger partial charge in [-0.25, -0.2) is 4.79 Å². The van der Waals surface area contributed by atoms with E-state index >= 15 is 0 Å². The topological polar surface area (TPSA) is 72.5 Å². The molecule has 4 nitrogen and oxygen atoms in total. The van der Waals surface area contributed by atoms with Gasteiger partial charge in [0.25, 0.3) is 0 Å². The van der Waals surface area contributed by atoms with Gasteiger partial charge >= 0.3 is 5.97 Å². The van der Waals surface area contributed by atoms with Gasteiger partial charge in [-0.1, -0.05) is 0 Å². The van der Waals surface area contributed by atoms with E-state index in [4.69, 9.17) is 10.8 Å². The molecule has 12 heavy (non-hydrogen) atoms. The standard InChI is InChI=1S/C8H11NO3/c1-12-8(11)7(4-6-10)3-2-5-9/h2-6,10H,9H2,1H3/b5-2+,6-4+,7-3+. The van der Waals surface area contributed by atoms with Crippen LogP contribution in [0.15, 0.2) is 36.3 Å². The fourth-order valence-corrected chi connectivity index (χ4v) is 0.549. The molecular weight excluding hydrogens is 158 g/mol. The summed E-state index contributed by atoms with van der Waals surface area (Å²) in [6.45, 7) is 0. The Labute approximate surface area is 70.6 Å². The zero-order valence-corrected chi connectivity index (χ0v) is 6.73. The van der Waals surface area contributed by atoms with Gasteiger partial charge in [0.2, 0.25) is 0 Å². The molecule has 66 valence electrons. The number of aliphatic hydroxyl groups excluding tert-OH is 1. The second-order valence-electron chi connectivity index (χ2n) is 1.81. The molecule has 0 amide bonds. The van der Waals surface area contributed by atoms with Gasteiger partial charge in [-0.15, -0.1) is 0 Å². The Bertz CT molecular complexity index is 228. The summed E-state index contributed by atoms with van der Waals surface area (Å²) in [7, 11) is 1.26. The number of aliphatic hydroxyl groups is 1. The van der Waals surface area contributed by atoms with Gasteiger partial charge in [-0.3, -0.25) is 0 Å². The van der Waals surface area contributed by atoms with Crippen LogP contribution in [-0.2, 0) is 9.53 Å². The molecule has 0 aromatic carbocycles. The van der Waals surface area contributed by atoms with Crippen LogP contribution >= 0.6 is 0 Å². The molecule has 0 saturated carbocycles. The Kier molecular flexibility index (Phi) is 5.17. The predicted molar refractivity (Wildman–Crippen MR) is 45.2 cm³/mol. The first kappa shape index (κ1) is 10.3. The quantitative estimate of drug-likeness (QED) is 0.281. The van der Waals surface area contributed by atoms with Crippen molar-refractivity contribution >= 4 is 5.97 Å². The Balaban J connectivity index is 4.53. The molecule has 0 aromatic rings. The fourth-order valence-electron chi connectivity index (χ4n) is 0.549. The SMILES string of the molecule is COC(=O)C(/C=C/O)=C/C=C/N. The number of methoxy groups -OCH3 is 1. The van der Waals surface area contributed by atoms with Crippen LogP contribution in [-0.4, -0.2) is 18.2 Å². The summed E-state index contributed by atoms with van der Waals surface area (Å²) in [6.07, 6.45) is 6.14. The molecule has 0 unspecified atom stereocenters. The summed E-state index contributed by atoms with van der Waals surface area (Å²) in [6, 6.07) is 0. The van der Waals surface area contributed by atoms with Crippen LogP contribution < -0.4 is 5.73 Å². The van der Waals surface area contributed by atoms with Gasteiger partial charge in [0.1, 0.15) is 0 Å². The zero-order valence-electron chi connectivity index (χ0n) is 6.73. The van der Waals surface area contributed by atoms with Crippen molar-refractivity contribution in [3.05, 3.63) is 36.3 Å². The van der Waals surface area contributed by atoms with E-state index < -0.39 is 5.97 Å². The van der Waals surface area contributed by atoms with Crippen molar-refractivity contribution in [2.45, 2.75) is 0 Å². The lowest BCUT2D eigenvalue weighted by atomic mass is 10.2. The number of ether oxygens (including phenoxy) is 1. The first-order valence-electron chi connectivity index (χ1n) is 3.24. The number of carbonyl (C=O) groups is 1. The lowest BCUT2D eigenvalue weighted by Gasteiger charge is -1.96. The van der Waals surface area contributed by atoms with Crippen LogP contribution in [0.1, 0.15) is 0 Å². The monoisotopic (exact) mass is 169 g/mol. The summed E-state index contributed by atoms with van der Waals surface area (Å²) < 4.78 is 4.42. The molecule has 0 saturated heterocycles. The molecule has 0 aliphatic heterocycles. The highest BCUT2D eigenvalue weighted by molar-refractivity contribution is 5.91. The Hall–Kier alpha value is -1.71. The van der Waals surface area contributed by atoms with Crippen LogP contribution in [0.4, 0.5) is 0 Å². The van der Waals surface area contributed by atoms with Gasteiger partial charge in [-0.05, 0) is 24.4 Å². The van der Waals surface area contributed by atoms with Crippen LogP contribution in [0.3, 0.4) is 0 Å². The maximum atomic E-state index is 10.9. The summed E-state index contributed by atoms with van der Waals surface area (Å²) in [4.78, 5) is 10.9. The molecule has 0 heterocycles. The average Bonchev–Trinajstić information content (AvgIpc) is 2.11. The number of nitrogens with two attached hydrogens (primary N) is 1. The Morgan fingerprint density at radius 2 is 2.25 bits per heavy atom. The van der Waals surface area contributed by atoms with Crippen molar-refractivity contribution in [3.8, 4) is 0 Å². The second kappa shape index (κ2) is 6.03. The molecule has 0 rings (SSSR count). The third-order valence-corrected chi connectivity index (χ3v) is 1.06. The Morgan fingerprint density at radius 1 is 1.58 bits per heavy atom. The molecule has 0 atom stereocenters. The maximum absolute atomic E-state index is 10.9. The predicted octanol–water partition coefficient (Wildman–Crippen LogP) is 0.630. The normalized spacial score (nSPS) is 12.6. The van der Waals surface area contributed by atoms with Crippen molar-refractivity contribution in [3.63, 3.8) is 0 Å². The average molecular weight is 169 g/mol. The van der Waals surface area contributed by atoms with Crippen LogP contribution in [0.25, 0.3) is 0 Å². The molecule has 3 N–H and O–H groups in total. The van der Waals surface area contributed by atoms with E-state index in [-0.39, 0.29) is 5.57 Å². The summed E-state index contributed by atoms with van der Waals surface area (Å²) in [5.74, 6) is -0.529. The van der Waals surface area contributed by atoms with E-state index in [1.807, 2.05) is 0 Å². The molecule has 0 fully saturated rings. The van der Waals surface area contributed by atoms with E-state index in [0.29, 0.717) is 0 Å². The van der Waals surface area contributed by atoms with Crippen LogP contribution in [0, 0.1) is 0 Å². The molecule has 0 spiro atoms. The molecule has 4 heteroatoms. The summed E-state index contributed by atoms with van der Waals surface area (Å²) in [5.41, 5.74) is 5.27. The highest BCUT2D eigenvalue weighted by Crippen LogP contribution is 1.99. The second-order valence-corrected chi connectivity index (χ2v) is 1.81. The van der Waals surface area contributed by atoms with E-state index in [1.165, 1.54) is 31.5 Å². The minimum atomic E-state index is -0.529. The largest absolute Gasteiger partial charge is 0.516 e. The van der Waals surface area contributed by atoms with Crippen LogP contribution in [0.5, 0.6) is 0 Å².